The van der Waals surface area contributed by atoms with E-state index >= 15 is 0 Å². The predicted octanol–water partition coefficient (Wildman–Crippen LogP) is 8.26. The molecule has 244 valence electrons. The molecule has 1 saturated heterocycles. The van der Waals surface area contributed by atoms with E-state index in [1.165, 1.54) is 16.7 Å². The molecule has 2 heterocycles. The second-order valence-electron chi connectivity index (χ2n) is 14.2. The topological polar surface area (TPSA) is 86.0 Å². The highest BCUT2D eigenvalue weighted by Gasteiger charge is 2.44. The van der Waals surface area contributed by atoms with E-state index in [-0.39, 0.29) is 13.0 Å². The van der Waals surface area contributed by atoms with Crippen molar-refractivity contribution in [1.29, 1.82) is 0 Å². The second kappa shape index (κ2) is 15.3. The first-order valence-corrected chi connectivity index (χ1v) is 16.6. The van der Waals surface area contributed by atoms with Crippen LogP contribution >= 0.6 is 0 Å². The Labute approximate surface area is 269 Å². The summed E-state index contributed by atoms with van der Waals surface area (Å²) in [5.74, 6) is 1.09. The van der Waals surface area contributed by atoms with Crippen LogP contribution in [0.2, 0.25) is 0 Å². The van der Waals surface area contributed by atoms with Crippen molar-refractivity contribution >= 4 is 22.9 Å². The molecule has 0 saturated carbocycles. The standard InChI is InChI=1S/C39H52O6/c1-25(2)18-32(19-26(3)4)14-16-33-22-39(23-40,45-38(33)42)24-43-37(41)28(6)20-36-29(7)34-21-31(15-17-35(34)44-36)13-12-30-10-8-27(5)9-11-30/h8-11,15-17,21,25-26,28,32,40H,12-14,18-20,22-24H2,1-7H3/b33-16+/t28-,39+/m0/s1. The van der Waals surface area contributed by atoms with E-state index in [0.29, 0.717) is 29.7 Å². The molecule has 6 nitrogen and oxygen atoms in total. The lowest BCUT2D eigenvalue weighted by atomic mass is 9.86. The lowest BCUT2D eigenvalue weighted by Gasteiger charge is -2.25. The minimum Gasteiger partial charge on any atom is -0.461 e. The zero-order valence-electron chi connectivity index (χ0n) is 28.3. The largest absolute Gasteiger partial charge is 0.461 e. The van der Waals surface area contributed by atoms with Crippen LogP contribution in [0.1, 0.15) is 88.3 Å². The van der Waals surface area contributed by atoms with Gasteiger partial charge in [-0.3, -0.25) is 4.79 Å². The molecule has 45 heavy (non-hydrogen) atoms. The van der Waals surface area contributed by atoms with Gasteiger partial charge in [0.25, 0.3) is 0 Å². The van der Waals surface area contributed by atoms with Gasteiger partial charge in [-0.25, -0.2) is 4.79 Å². The molecular weight excluding hydrogens is 564 g/mol. The van der Waals surface area contributed by atoms with Crippen molar-refractivity contribution in [3.8, 4) is 0 Å². The molecule has 0 aliphatic carbocycles. The Balaban J connectivity index is 1.34. The van der Waals surface area contributed by atoms with E-state index in [1.54, 1.807) is 0 Å². The summed E-state index contributed by atoms with van der Waals surface area (Å²) in [7, 11) is 0. The van der Waals surface area contributed by atoms with Gasteiger partial charge in [-0.2, -0.15) is 0 Å². The quantitative estimate of drug-likeness (QED) is 0.137. The van der Waals surface area contributed by atoms with E-state index in [4.69, 9.17) is 13.9 Å². The number of fused-ring (bicyclic) bond motifs is 1. The van der Waals surface area contributed by atoms with Crippen LogP contribution in [-0.2, 0) is 38.3 Å². The number of hydrogen-bond donors (Lipinski definition) is 1. The van der Waals surface area contributed by atoms with Gasteiger partial charge >= 0.3 is 11.9 Å². The number of allylic oxidation sites excluding steroid dienone is 1. The SMILES string of the molecule is Cc1ccc(CCc2ccc3oc(C[C@H](C)C(=O)OC[C@]4(CO)C/C(=C\CC(CC(C)C)CC(C)C)C(=O)O4)c(C)c3c2)cc1. The fourth-order valence-corrected chi connectivity index (χ4v) is 6.44. The van der Waals surface area contributed by atoms with Gasteiger partial charge < -0.3 is 19.0 Å². The molecule has 4 rings (SSSR count). The van der Waals surface area contributed by atoms with Crippen LogP contribution in [0.25, 0.3) is 11.0 Å². The van der Waals surface area contributed by atoms with Gasteiger partial charge in [-0.15, -0.1) is 0 Å². The highest BCUT2D eigenvalue weighted by Crippen LogP contribution is 2.34. The van der Waals surface area contributed by atoms with Gasteiger partial charge in [-0.1, -0.05) is 76.6 Å². The van der Waals surface area contributed by atoms with Gasteiger partial charge in [-0.05, 0) is 92.5 Å². The van der Waals surface area contributed by atoms with Crippen LogP contribution in [0.15, 0.2) is 58.5 Å². The van der Waals surface area contributed by atoms with Crippen LogP contribution in [0.4, 0.5) is 0 Å². The molecule has 1 N–H and O–H groups in total. The lowest BCUT2D eigenvalue weighted by molar-refractivity contribution is -0.168. The number of aliphatic hydroxyl groups excluding tert-OH is 1. The van der Waals surface area contributed by atoms with Crippen molar-refractivity contribution < 1.29 is 28.6 Å². The van der Waals surface area contributed by atoms with Crippen molar-refractivity contribution in [2.24, 2.45) is 23.7 Å². The summed E-state index contributed by atoms with van der Waals surface area (Å²) in [4.78, 5) is 25.8. The molecule has 2 aromatic carbocycles. The van der Waals surface area contributed by atoms with Crippen molar-refractivity contribution in [2.75, 3.05) is 13.2 Å². The van der Waals surface area contributed by atoms with E-state index < -0.39 is 30.1 Å². The number of furan rings is 1. The average Bonchev–Trinajstić information content (AvgIpc) is 3.49. The minimum absolute atomic E-state index is 0.180. The number of aryl methyl sites for hydroxylation is 4. The average molecular weight is 617 g/mol. The normalized spacial score (nSPS) is 18.5. The Morgan fingerprint density at radius 1 is 0.978 bits per heavy atom. The number of esters is 2. The maximum Gasteiger partial charge on any atom is 0.334 e. The Kier molecular flexibility index (Phi) is 11.7. The second-order valence-corrected chi connectivity index (χ2v) is 14.2. The fourth-order valence-electron chi connectivity index (χ4n) is 6.44. The van der Waals surface area contributed by atoms with Gasteiger partial charge in [0, 0.05) is 23.8 Å². The van der Waals surface area contributed by atoms with Crippen molar-refractivity contribution in [2.45, 2.75) is 99.0 Å². The summed E-state index contributed by atoms with van der Waals surface area (Å²) in [6, 6.07) is 15.0. The number of cyclic esters (lactones) is 1. The maximum atomic E-state index is 13.1. The van der Waals surface area contributed by atoms with E-state index in [0.717, 1.165) is 54.4 Å². The predicted molar refractivity (Wildman–Crippen MR) is 179 cm³/mol. The molecule has 0 bridgehead atoms. The van der Waals surface area contributed by atoms with E-state index in [9.17, 15) is 14.7 Å². The number of rotatable bonds is 15. The fraction of sp³-hybridized carbons (Fsp3) is 0.538. The Morgan fingerprint density at radius 2 is 1.62 bits per heavy atom. The third-order valence-corrected chi connectivity index (χ3v) is 8.97. The number of hydrogen-bond acceptors (Lipinski definition) is 6. The molecule has 0 spiro atoms. The molecule has 3 aromatic rings. The first-order valence-electron chi connectivity index (χ1n) is 16.6. The minimum atomic E-state index is -1.24. The molecule has 1 fully saturated rings. The Hall–Kier alpha value is -3.38. The number of aliphatic hydroxyl groups is 1. The van der Waals surface area contributed by atoms with Crippen LogP contribution < -0.4 is 0 Å². The number of ether oxygens (including phenoxy) is 2. The maximum absolute atomic E-state index is 13.1. The van der Waals surface area contributed by atoms with Gasteiger partial charge in [0.15, 0.2) is 5.60 Å². The summed E-state index contributed by atoms with van der Waals surface area (Å²) in [5, 5.41) is 11.3. The molecule has 0 radical (unpaired) electrons. The molecule has 1 aliphatic heterocycles. The molecule has 0 unspecified atom stereocenters. The molecular formula is C39H52O6. The van der Waals surface area contributed by atoms with E-state index in [2.05, 4.69) is 71.0 Å². The monoisotopic (exact) mass is 616 g/mol. The van der Waals surface area contributed by atoms with Crippen molar-refractivity contribution in [1.82, 2.24) is 0 Å². The first-order chi connectivity index (χ1) is 21.4. The zero-order valence-corrected chi connectivity index (χ0v) is 28.3. The Morgan fingerprint density at radius 3 is 2.27 bits per heavy atom. The molecule has 1 aliphatic rings. The van der Waals surface area contributed by atoms with E-state index in [1.807, 2.05) is 26.0 Å². The lowest BCUT2D eigenvalue weighted by Crippen LogP contribution is -2.40. The molecule has 0 amide bonds. The van der Waals surface area contributed by atoms with Crippen molar-refractivity contribution in [3.05, 3.63) is 82.1 Å². The van der Waals surface area contributed by atoms with Crippen LogP contribution in [0.5, 0.6) is 0 Å². The van der Waals surface area contributed by atoms with Crippen LogP contribution in [0.3, 0.4) is 0 Å². The summed E-state index contributed by atoms with van der Waals surface area (Å²) >= 11 is 0. The highest BCUT2D eigenvalue weighted by molar-refractivity contribution is 5.91. The summed E-state index contributed by atoms with van der Waals surface area (Å²) in [6.07, 6.45) is 7.48. The smallest absolute Gasteiger partial charge is 0.334 e. The third kappa shape index (κ3) is 9.32. The first kappa shape index (κ1) is 34.5. The van der Waals surface area contributed by atoms with Crippen LogP contribution in [0, 0.1) is 37.5 Å². The number of carbonyl (C=O) groups is 2. The van der Waals surface area contributed by atoms with Gasteiger partial charge in [0.1, 0.15) is 18.0 Å². The molecule has 2 atom stereocenters. The van der Waals surface area contributed by atoms with Gasteiger partial charge in [0.05, 0.1) is 12.5 Å². The summed E-state index contributed by atoms with van der Waals surface area (Å²) in [6.45, 7) is 14.2. The van der Waals surface area contributed by atoms with Crippen LogP contribution in [-0.4, -0.2) is 35.9 Å². The highest BCUT2D eigenvalue weighted by atomic mass is 16.6. The summed E-state index contributed by atoms with van der Waals surface area (Å²) < 4.78 is 17.4. The third-order valence-electron chi connectivity index (χ3n) is 8.97. The molecule has 6 heteroatoms. The number of carbonyl (C=O) groups excluding carboxylic acids is 2. The zero-order chi connectivity index (χ0) is 32.7. The van der Waals surface area contributed by atoms with Gasteiger partial charge in [0.2, 0.25) is 0 Å². The van der Waals surface area contributed by atoms with Crippen molar-refractivity contribution in [3.63, 3.8) is 0 Å². The number of benzene rings is 2. The summed E-state index contributed by atoms with van der Waals surface area (Å²) in [5.41, 5.74) is 4.98. The molecule has 1 aromatic heterocycles. The Bertz CT molecular complexity index is 1470.